The van der Waals surface area contributed by atoms with Gasteiger partial charge in [-0.3, -0.25) is 0 Å². The predicted octanol–water partition coefficient (Wildman–Crippen LogP) is 7.29. The summed E-state index contributed by atoms with van der Waals surface area (Å²) in [5.74, 6) is 0. The van der Waals surface area contributed by atoms with Crippen LogP contribution in [-0.4, -0.2) is 0 Å². The Labute approximate surface area is 104 Å². The Bertz CT molecular complexity index is 290. The zero-order valence-electron chi connectivity index (χ0n) is 10.8. The monoisotopic (exact) mass is 350 g/mol. The van der Waals surface area contributed by atoms with Crippen LogP contribution in [0.2, 0.25) is 21.3 Å². The molecule has 0 amide bonds. The number of nitriles is 1. The molecule has 0 unspecified atom stereocenters. The average molecular weight is 351 g/mol. The van der Waals surface area contributed by atoms with Crippen molar-refractivity contribution in [2.45, 2.75) is 49.0 Å². The number of hydrogen-bond donors (Lipinski definition) is 0. The molecule has 0 atom stereocenters. The summed E-state index contributed by atoms with van der Waals surface area (Å²) >= 11 is -1.58. The van der Waals surface area contributed by atoms with Crippen molar-refractivity contribution in [2.75, 3.05) is 0 Å². The molecule has 0 saturated carbocycles. The Balaban J connectivity index is 0. The van der Waals surface area contributed by atoms with E-state index < -0.39 is 19.6 Å². The van der Waals surface area contributed by atoms with E-state index in [0.29, 0.717) is 0 Å². The summed E-state index contributed by atoms with van der Waals surface area (Å²) in [7, 11) is -10.7. The van der Waals surface area contributed by atoms with Crippen molar-refractivity contribution in [1.82, 2.24) is 0 Å². The molecule has 120 valence electrons. The van der Waals surface area contributed by atoms with Crippen molar-refractivity contribution in [2.24, 2.45) is 0 Å². The molecule has 0 aliphatic carbocycles. The zero-order valence-corrected chi connectivity index (χ0v) is 12.6. The first-order chi connectivity index (χ1) is 7.57. The molecule has 0 aliphatic rings. The fourth-order valence-electron chi connectivity index (χ4n) is 1.10. The van der Waals surface area contributed by atoms with Crippen LogP contribution in [0.1, 0.15) is 27.7 Å². The van der Waals surface area contributed by atoms with Crippen molar-refractivity contribution < 1.29 is 37.0 Å². The summed E-state index contributed by atoms with van der Waals surface area (Å²) in [4.78, 5) is 2.63. The van der Waals surface area contributed by atoms with Gasteiger partial charge in [0.05, 0.1) is 0 Å². The molecule has 0 bridgehead atoms. The van der Waals surface area contributed by atoms with Crippen LogP contribution in [-0.2, 0) is 11.8 Å². The van der Waals surface area contributed by atoms with Gasteiger partial charge in [-0.1, -0.05) is 0 Å². The maximum absolute atomic E-state index is 10.7. The van der Waals surface area contributed by atoms with Gasteiger partial charge in [0.25, 0.3) is 0 Å². The molecule has 9 heteroatoms. The van der Waals surface area contributed by atoms with E-state index in [1.165, 1.54) is 0 Å². The Hall–Kier alpha value is 0.0195. The predicted molar refractivity (Wildman–Crippen MR) is 61.1 cm³/mol. The first-order valence-corrected chi connectivity index (χ1v) is 10.2. The van der Waals surface area contributed by atoms with E-state index in [1.807, 2.05) is 0 Å². The van der Waals surface area contributed by atoms with Crippen molar-refractivity contribution in [3.05, 3.63) is 0 Å². The first-order valence-electron chi connectivity index (χ1n) is 5.07. The Kier molecular flexibility index (Phi) is 5.48. The van der Waals surface area contributed by atoms with Crippen LogP contribution in [0.25, 0.3) is 0 Å². The summed E-state index contributed by atoms with van der Waals surface area (Å²) < 4.78 is 59.2. The third-order valence-corrected chi connectivity index (χ3v) is 10.0. The first kappa shape index (κ1) is 20.3. The molecule has 0 fully saturated rings. The van der Waals surface area contributed by atoms with Gasteiger partial charge in [0.2, 0.25) is 0 Å². The standard InChI is InChI=1S/4C2H5.CN.Cu.F6P/c5*1-2;;1-7(2,3,4,5)6/h4*1H2,2H3;;;/q;;;;;;-1. The van der Waals surface area contributed by atoms with Crippen LogP contribution < -0.4 is 0 Å². The fourth-order valence-corrected chi connectivity index (χ4v) is 4.52. The summed E-state index contributed by atoms with van der Waals surface area (Å²) in [5, 5.41) is 13.5. The topological polar surface area (TPSA) is 23.8 Å². The maximum atomic E-state index is 9.87. The molecule has 0 spiro atoms. The van der Waals surface area contributed by atoms with Crippen LogP contribution in [0, 0.1) is 10.2 Å². The van der Waals surface area contributed by atoms with Crippen molar-refractivity contribution in [1.29, 1.82) is 5.26 Å². The van der Waals surface area contributed by atoms with E-state index >= 15 is 0 Å². The Morgan fingerprint density at radius 2 is 0.944 bits per heavy atom. The van der Waals surface area contributed by atoms with Gasteiger partial charge < -0.3 is 0 Å². The van der Waals surface area contributed by atoms with Crippen LogP contribution in [0.3, 0.4) is 0 Å². The molecule has 0 radical (unpaired) electrons. The SMILES string of the molecule is C[CH2][Cu]([C]#N)([CH2]C)([CH2]C)[CH2]C.F[P-](F)(F)(F)(F)F. The number of halogens is 6. The molecule has 1 nitrogen and oxygen atoms in total. The van der Waals surface area contributed by atoms with Crippen LogP contribution >= 0.6 is 7.81 Å². The second-order valence-corrected chi connectivity index (χ2v) is 12.2. The van der Waals surface area contributed by atoms with Gasteiger partial charge in [-0.25, -0.2) is 0 Å². The molecule has 0 aromatic heterocycles. The summed E-state index contributed by atoms with van der Waals surface area (Å²) in [6.45, 7) is 8.67. The second-order valence-electron chi connectivity index (χ2n) is 3.21. The summed E-state index contributed by atoms with van der Waals surface area (Å²) in [6.07, 6.45) is 0. The normalized spacial score (nSPS) is 18.2. The van der Waals surface area contributed by atoms with Gasteiger partial charge in [0, 0.05) is 0 Å². The van der Waals surface area contributed by atoms with Crippen LogP contribution in [0.5, 0.6) is 0 Å². The minimum absolute atomic E-state index is 1.08. The molecule has 18 heavy (non-hydrogen) atoms. The van der Waals surface area contributed by atoms with E-state index in [4.69, 9.17) is 0 Å². The van der Waals surface area contributed by atoms with Gasteiger partial charge in [-0.15, -0.1) is 0 Å². The van der Waals surface area contributed by atoms with E-state index in [0.717, 1.165) is 21.3 Å². The van der Waals surface area contributed by atoms with Crippen molar-refractivity contribution >= 4 is 7.81 Å². The second kappa shape index (κ2) is 4.85. The molecule has 0 heterocycles. The Morgan fingerprint density at radius 3 is 0.944 bits per heavy atom. The van der Waals surface area contributed by atoms with E-state index in [1.54, 1.807) is 0 Å². The molecular formula is C9H20CuF6NP-. The zero-order chi connectivity index (χ0) is 15.4. The molecule has 0 aliphatic heterocycles. The summed E-state index contributed by atoms with van der Waals surface area (Å²) in [5.41, 5.74) is 0. The van der Waals surface area contributed by atoms with Gasteiger partial charge >= 0.3 is 104 Å². The van der Waals surface area contributed by atoms with Gasteiger partial charge in [0.1, 0.15) is 0 Å². The van der Waals surface area contributed by atoms with Gasteiger partial charge in [-0.2, -0.15) is 0 Å². The molecule has 0 aromatic rings. The van der Waals surface area contributed by atoms with Gasteiger partial charge in [-0.05, 0) is 0 Å². The average Bonchev–Trinajstić information content (AvgIpc) is 2.20. The molecule has 0 aromatic carbocycles. The van der Waals surface area contributed by atoms with Crippen molar-refractivity contribution in [3.63, 3.8) is 0 Å². The van der Waals surface area contributed by atoms with Crippen LogP contribution in [0.15, 0.2) is 0 Å². The number of hydrogen-bond acceptors (Lipinski definition) is 1. The third-order valence-electron chi connectivity index (χ3n) is 2.43. The van der Waals surface area contributed by atoms with E-state index in [9.17, 15) is 30.4 Å². The quantitative estimate of drug-likeness (QED) is 0.296. The van der Waals surface area contributed by atoms with E-state index in [-0.39, 0.29) is 0 Å². The number of rotatable bonds is 4. The fraction of sp³-hybridized carbons (Fsp3) is 0.889. The van der Waals surface area contributed by atoms with E-state index in [2.05, 4.69) is 32.7 Å². The summed E-state index contributed by atoms with van der Waals surface area (Å²) in [6, 6.07) is 0. The van der Waals surface area contributed by atoms with Crippen LogP contribution in [0.4, 0.5) is 25.2 Å². The van der Waals surface area contributed by atoms with Crippen molar-refractivity contribution in [3.8, 4) is 4.97 Å². The van der Waals surface area contributed by atoms with Gasteiger partial charge in [0.15, 0.2) is 0 Å². The molecule has 0 saturated heterocycles. The Morgan fingerprint density at radius 1 is 0.778 bits per heavy atom. The third kappa shape index (κ3) is 9.02. The minimum atomic E-state index is -10.7. The molecule has 0 rings (SSSR count). The molecule has 0 N–H and O–H groups in total. The molecular weight excluding hydrogens is 331 g/mol. The number of nitrogens with zero attached hydrogens (tertiary/aromatic N) is 1.